The number of sulfone groups is 1. The van der Waals surface area contributed by atoms with Gasteiger partial charge in [-0.05, 0) is 17.7 Å². The number of benzene rings is 1. The zero-order valence-electron chi connectivity index (χ0n) is 9.21. The van der Waals surface area contributed by atoms with Gasteiger partial charge in [-0.25, -0.2) is 13.2 Å². The molecule has 1 rings (SSSR count). The van der Waals surface area contributed by atoms with Gasteiger partial charge in [-0.15, -0.1) is 0 Å². The van der Waals surface area contributed by atoms with E-state index >= 15 is 0 Å². The third-order valence-corrected chi connectivity index (χ3v) is 2.74. The lowest BCUT2D eigenvalue weighted by atomic mass is 10.1. The van der Waals surface area contributed by atoms with Crippen LogP contribution in [0.15, 0.2) is 24.3 Å². The minimum atomic E-state index is -3.08. The first-order chi connectivity index (χ1) is 7.92. The average Bonchev–Trinajstić information content (AvgIpc) is 2.24. The molecule has 0 spiro atoms. The lowest BCUT2D eigenvalue weighted by Crippen LogP contribution is -2.06. The normalized spacial score (nSPS) is 10.6. The summed E-state index contributed by atoms with van der Waals surface area (Å²) in [5, 5.41) is 8.24. The highest BCUT2D eigenvalue weighted by molar-refractivity contribution is 7.89. The number of hydrogen-bond donors (Lipinski definition) is 0. The lowest BCUT2D eigenvalue weighted by molar-refractivity contribution is 0.0555. The van der Waals surface area contributed by atoms with Crippen molar-refractivity contribution in [2.24, 2.45) is 0 Å². The molecule has 0 saturated heterocycles. The van der Waals surface area contributed by atoms with E-state index in [9.17, 15) is 13.2 Å². The van der Waals surface area contributed by atoms with Gasteiger partial charge in [0.2, 0.25) is 0 Å². The Balaban J connectivity index is 2.75. The molecule has 0 amide bonds. The molecule has 0 aliphatic heterocycles. The molecule has 0 unspecified atom stereocenters. The van der Waals surface area contributed by atoms with Crippen molar-refractivity contribution in [1.82, 2.24) is 0 Å². The van der Waals surface area contributed by atoms with Crippen LogP contribution in [0.2, 0.25) is 0 Å². The molecule has 0 radical (unpaired) electrons. The van der Waals surface area contributed by atoms with Crippen molar-refractivity contribution in [2.75, 3.05) is 12.9 Å². The van der Waals surface area contributed by atoms with Crippen LogP contribution in [-0.4, -0.2) is 27.2 Å². The van der Waals surface area contributed by atoms with Crippen molar-refractivity contribution < 1.29 is 17.9 Å². The Hall–Kier alpha value is -1.87. The van der Waals surface area contributed by atoms with Crippen molar-refractivity contribution >= 4 is 15.8 Å². The molecule has 6 heteroatoms. The Bertz CT molecular complexity index is 540. The van der Waals surface area contributed by atoms with Crippen LogP contribution in [0.1, 0.15) is 15.9 Å². The van der Waals surface area contributed by atoms with Crippen molar-refractivity contribution in [3.05, 3.63) is 35.4 Å². The second kappa shape index (κ2) is 5.46. The first kappa shape index (κ1) is 13.2. The molecule has 0 N–H and O–H groups in total. The first-order valence-electron chi connectivity index (χ1n) is 4.73. The van der Waals surface area contributed by atoms with E-state index in [1.165, 1.54) is 12.1 Å². The molecular formula is C11H11NO4S. The quantitative estimate of drug-likeness (QED) is 0.745. The van der Waals surface area contributed by atoms with Crippen LogP contribution in [0.5, 0.6) is 0 Å². The van der Waals surface area contributed by atoms with Gasteiger partial charge in [0.15, 0.2) is 16.4 Å². The van der Waals surface area contributed by atoms with Gasteiger partial charge in [0.25, 0.3) is 0 Å². The molecule has 5 nitrogen and oxygen atoms in total. The summed E-state index contributed by atoms with van der Waals surface area (Å²) in [5.74, 6) is -0.669. The van der Waals surface area contributed by atoms with Gasteiger partial charge in [-0.1, -0.05) is 12.1 Å². The number of esters is 1. The van der Waals surface area contributed by atoms with Gasteiger partial charge in [0.1, 0.15) is 6.07 Å². The van der Waals surface area contributed by atoms with E-state index in [-0.39, 0.29) is 17.9 Å². The Morgan fingerprint density at radius 1 is 1.35 bits per heavy atom. The maximum atomic E-state index is 11.3. The minimum absolute atomic E-state index is 0.0689. The Morgan fingerprint density at radius 2 is 1.94 bits per heavy atom. The van der Waals surface area contributed by atoms with Crippen LogP contribution in [0.3, 0.4) is 0 Å². The fraction of sp³-hybridized carbons (Fsp3) is 0.273. The van der Waals surface area contributed by atoms with Crippen molar-refractivity contribution in [2.45, 2.75) is 5.75 Å². The monoisotopic (exact) mass is 253 g/mol. The summed E-state index contributed by atoms with van der Waals surface area (Å²) < 4.78 is 26.7. The summed E-state index contributed by atoms with van der Waals surface area (Å²) in [7, 11) is -3.08. The standard InChI is InChI=1S/C11H11NO4S/c1-17(14,15)8-9-2-4-10(5-3-9)11(13)16-7-6-12/h2-5H,7-8H2,1H3. The maximum absolute atomic E-state index is 11.3. The summed E-state index contributed by atoms with van der Waals surface area (Å²) in [6, 6.07) is 7.72. The SMILES string of the molecule is CS(=O)(=O)Cc1ccc(C(=O)OCC#N)cc1. The zero-order chi connectivity index (χ0) is 12.9. The van der Waals surface area contributed by atoms with Gasteiger partial charge in [-0.3, -0.25) is 0 Å². The molecule has 0 aliphatic rings. The number of ether oxygens (including phenoxy) is 1. The number of hydrogen-bond acceptors (Lipinski definition) is 5. The highest BCUT2D eigenvalue weighted by Gasteiger charge is 2.08. The number of nitrogens with zero attached hydrogens (tertiary/aromatic N) is 1. The van der Waals surface area contributed by atoms with Crippen molar-refractivity contribution in [1.29, 1.82) is 5.26 Å². The number of nitriles is 1. The molecule has 0 aromatic heterocycles. The smallest absolute Gasteiger partial charge is 0.339 e. The van der Waals surface area contributed by atoms with Gasteiger partial charge in [-0.2, -0.15) is 5.26 Å². The van der Waals surface area contributed by atoms with E-state index < -0.39 is 15.8 Å². The predicted octanol–water partition coefficient (Wildman–Crippen LogP) is 0.912. The van der Waals surface area contributed by atoms with Gasteiger partial charge in [0.05, 0.1) is 11.3 Å². The molecule has 0 heterocycles. The Labute approximate surface area is 99.5 Å². The van der Waals surface area contributed by atoms with E-state index in [1.807, 2.05) is 0 Å². The molecule has 0 fully saturated rings. The average molecular weight is 253 g/mol. The van der Waals surface area contributed by atoms with Crippen LogP contribution in [0.25, 0.3) is 0 Å². The van der Waals surface area contributed by atoms with E-state index in [1.54, 1.807) is 18.2 Å². The fourth-order valence-corrected chi connectivity index (χ4v) is 2.02. The topological polar surface area (TPSA) is 84.2 Å². The second-order valence-electron chi connectivity index (χ2n) is 3.50. The Morgan fingerprint density at radius 3 is 2.41 bits per heavy atom. The minimum Gasteiger partial charge on any atom is -0.447 e. The van der Waals surface area contributed by atoms with E-state index in [4.69, 9.17) is 5.26 Å². The van der Waals surface area contributed by atoms with E-state index in [2.05, 4.69) is 4.74 Å². The number of carbonyl (C=O) groups is 1. The summed E-state index contributed by atoms with van der Waals surface area (Å²) in [6.07, 6.45) is 1.14. The molecule has 1 aromatic rings. The number of carbonyl (C=O) groups excluding carboxylic acids is 1. The largest absolute Gasteiger partial charge is 0.447 e. The third-order valence-electron chi connectivity index (χ3n) is 1.89. The van der Waals surface area contributed by atoms with E-state index in [0.29, 0.717) is 5.56 Å². The lowest BCUT2D eigenvalue weighted by Gasteiger charge is -2.02. The summed E-state index contributed by atoms with van der Waals surface area (Å²) in [6.45, 7) is -0.302. The highest BCUT2D eigenvalue weighted by atomic mass is 32.2. The molecule has 0 bridgehead atoms. The molecule has 1 aromatic carbocycles. The molecular weight excluding hydrogens is 242 g/mol. The van der Waals surface area contributed by atoms with Crippen LogP contribution in [0.4, 0.5) is 0 Å². The zero-order valence-corrected chi connectivity index (χ0v) is 10.0. The van der Waals surface area contributed by atoms with Crippen LogP contribution in [-0.2, 0) is 20.3 Å². The molecule has 0 saturated carbocycles. The van der Waals surface area contributed by atoms with Crippen LogP contribution < -0.4 is 0 Å². The second-order valence-corrected chi connectivity index (χ2v) is 5.64. The molecule has 0 atom stereocenters. The fourth-order valence-electron chi connectivity index (χ4n) is 1.22. The first-order valence-corrected chi connectivity index (χ1v) is 6.79. The van der Waals surface area contributed by atoms with Gasteiger partial charge in [0, 0.05) is 6.26 Å². The van der Waals surface area contributed by atoms with Gasteiger partial charge < -0.3 is 4.74 Å². The maximum Gasteiger partial charge on any atom is 0.339 e. The molecule has 0 aliphatic carbocycles. The molecule has 90 valence electrons. The summed E-state index contributed by atoms with van der Waals surface area (Å²) in [5.41, 5.74) is 0.891. The van der Waals surface area contributed by atoms with Crippen LogP contribution in [0, 0.1) is 11.3 Å². The molecule has 17 heavy (non-hydrogen) atoms. The predicted molar refractivity (Wildman–Crippen MR) is 60.9 cm³/mol. The number of rotatable bonds is 4. The Kier molecular flexibility index (Phi) is 4.24. The van der Waals surface area contributed by atoms with Crippen LogP contribution >= 0.6 is 0 Å². The highest BCUT2D eigenvalue weighted by Crippen LogP contribution is 2.08. The van der Waals surface area contributed by atoms with Gasteiger partial charge >= 0.3 is 5.97 Å². The third kappa shape index (κ3) is 4.66. The summed E-state index contributed by atoms with van der Waals surface area (Å²) in [4.78, 5) is 11.3. The van der Waals surface area contributed by atoms with E-state index in [0.717, 1.165) is 6.26 Å². The summed E-state index contributed by atoms with van der Waals surface area (Å²) >= 11 is 0. The van der Waals surface area contributed by atoms with Crippen molar-refractivity contribution in [3.8, 4) is 6.07 Å². The van der Waals surface area contributed by atoms with Crippen molar-refractivity contribution in [3.63, 3.8) is 0 Å².